The van der Waals surface area contributed by atoms with Crippen LogP contribution in [-0.2, 0) is 0 Å². The molecule has 0 N–H and O–H groups in total. The van der Waals surface area contributed by atoms with E-state index in [0.717, 1.165) is 5.69 Å². The Balaban J connectivity index is 1.59. The predicted octanol–water partition coefficient (Wildman–Crippen LogP) is 8.24. The summed E-state index contributed by atoms with van der Waals surface area (Å²) in [5.74, 6) is 0. The number of hydrogen-bond donors (Lipinski definition) is 0. The Hall–Kier alpha value is -5.06. The maximum absolute atomic E-state index is 5.22. The highest BCUT2D eigenvalue weighted by Gasteiger charge is 2.31. The second kappa shape index (κ2) is 11.9. The Labute approximate surface area is 277 Å². The molecule has 0 aliphatic heterocycles. The molecular formula is C44H35NP2. The Morgan fingerprint density at radius 2 is 0.617 bits per heavy atom. The van der Waals surface area contributed by atoms with Crippen molar-refractivity contribution in [1.29, 1.82) is 0 Å². The van der Waals surface area contributed by atoms with Crippen LogP contribution in [0.25, 0.3) is 27.5 Å². The van der Waals surface area contributed by atoms with Gasteiger partial charge >= 0.3 is 0 Å². The van der Waals surface area contributed by atoms with E-state index in [1.165, 1.54) is 53.6 Å². The van der Waals surface area contributed by atoms with Gasteiger partial charge in [-0.2, -0.15) is 0 Å². The minimum Gasteiger partial charge on any atom is -0.309 e. The highest BCUT2D eigenvalue weighted by Crippen LogP contribution is 2.49. The maximum atomic E-state index is 5.22. The van der Waals surface area contributed by atoms with Crippen LogP contribution in [0.15, 0.2) is 188 Å². The lowest BCUT2D eigenvalue weighted by Crippen LogP contribution is -2.28. The van der Waals surface area contributed by atoms with Gasteiger partial charge in [0.1, 0.15) is 0 Å². The molecule has 1 heterocycles. The van der Waals surface area contributed by atoms with Gasteiger partial charge in [-0.25, -0.2) is 0 Å². The van der Waals surface area contributed by atoms with Gasteiger partial charge in [0.05, 0.1) is 11.0 Å². The van der Waals surface area contributed by atoms with Crippen molar-refractivity contribution in [2.75, 3.05) is 0 Å². The number of hydrogen-bond acceptors (Lipinski definition) is 0. The number of rotatable bonds is 7. The molecule has 1 nitrogen and oxygen atoms in total. The average molecular weight is 640 g/mol. The summed E-state index contributed by atoms with van der Waals surface area (Å²) in [4.78, 5) is 0. The summed E-state index contributed by atoms with van der Waals surface area (Å²) in [7, 11) is 0. The van der Waals surface area contributed by atoms with Gasteiger partial charge < -0.3 is 4.57 Å². The number of fused-ring (bicyclic) bond motifs is 3. The summed E-state index contributed by atoms with van der Waals surface area (Å²) in [6, 6.07) is 68.1. The van der Waals surface area contributed by atoms with E-state index in [4.69, 9.17) is 12.6 Å². The summed E-state index contributed by atoms with van der Waals surface area (Å²) < 4.78 is 2.44. The molecule has 0 fully saturated rings. The topological polar surface area (TPSA) is 4.93 Å². The summed E-state index contributed by atoms with van der Waals surface area (Å²) >= 11 is 0. The van der Waals surface area contributed by atoms with Crippen molar-refractivity contribution in [3.63, 3.8) is 0 Å². The molecule has 0 amide bonds. The smallest absolute Gasteiger partial charge is 0.0547 e. The first kappa shape index (κ1) is 29.3. The third kappa shape index (κ3) is 4.70. The first-order chi connectivity index (χ1) is 23.1. The Bertz CT molecular complexity index is 2190. The van der Waals surface area contributed by atoms with Gasteiger partial charge in [-0.05, 0) is 69.9 Å². The second-order valence-corrected chi connectivity index (χ2v) is 18.2. The van der Waals surface area contributed by atoms with Gasteiger partial charge in [-0.1, -0.05) is 176 Å². The van der Waals surface area contributed by atoms with Crippen molar-refractivity contribution in [1.82, 2.24) is 4.57 Å². The fourth-order valence-corrected chi connectivity index (χ4v) is 13.5. The molecule has 8 aromatic rings. The molecule has 226 valence electrons. The largest absolute Gasteiger partial charge is 0.309 e. The van der Waals surface area contributed by atoms with Crippen molar-refractivity contribution < 1.29 is 0 Å². The molecule has 0 unspecified atom stereocenters. The van der Waals surface area contributed by atoms with E-state index < -0.39 is 13.8 Å². The summed E-state index contributed by atoms with van der Waals surface area (Å²) in [5, 5.41) is 10.1. The van der Waals surface area contributed by atoms with Crippen molar-refractivity contribution in [2.24, 2.45) is 0 Å². The van der Waals surface area contributed by atoms with E-state index in [-0.39, 0.29) is 0 Å². The Morgan fingerprint density at radius 3 is 0.936 bits per heavy atom. The van der Waals surface area contributed by atoms with Crippen LogP contribution in [-0.4, -0.2) is 17.2 Å². The Morgan fingerprint density at radius 1 is 0.319 bits per heavy atom. The molecule has 0 atom stereocenters. The van der Waals surface area contributed by atoms with Gasteiger partial charge in [-0.3, -0.25) is 0 Å². The summed E-state index contributed by atoms with van der Waals surface area (Å²) in [6.45, 7) is -4.68. The summed E-state index contributed by atoms with van der Waals surface area (Å²) in [6.07, 6.45) is 10.4. The molecule has 0 radical (unpaired) electrons. The minimum atomic E-state index is -2.34. The lowest BCUT2D eigenvalue weighted by Gasteiger charge is -2.29. The number of benzene rings is 7. The first-order valence-corrected chi connectivity index (χ1v) is 19.9. The van der Waals surface area contributed by atoms with Gasteiger partial charge in [0.25, 0.3) is 0 Å². The zero-order valence-electron chi connectivity index (χ0n) is 26.2. The van der Waals surface area contributed by atoms with Crippen LogP contribution >= 0.6 is 13.8 Å². The van der Waals surface area contributed by atoms with Crippen molar-refractivity contribution in [3.8, 4) is 5.69 Å². The highest BCUT2D eigenvalue weighted by molar-refractivity contribution is 7.94. The SMILES string of the molecule is C=P(c1ccccc1)(c1ccccc1)c1cccc2c1c1c(P(=C)(c3ccccc3)c3ccccc3)cccc1n2-c1ccccc1. The van der Waals surface area contributed by atoms with Crippen molar-refractivity contribution in [2.45, 2.75) is 0 Å². The normalized spacial score (nSPS) is 12.0. The molecule has 7 aromatic carbocycles. The molecule has 47 heavy (non-hydrogen) atoms. The van der Waals surface area contributed by atoms with E-state index in [0.29, 0.717) is 0 Å². The third-order valence-electron chi connectivity index (χ3n) is 9.40. The van der Waals surface area contributed by atoms with E-state index in [9.17, 15) is 0 Å². The number of aromatic nitrogens is 1. The molecule has 0 bridgehead atoms. The lowest BCUT2D eigenvalue weighted by atomic mass is 10.1. The highest BCUT2D eigenvalue weighted by atomic mass is 31.2. The number of nitrogens with zero attached hydrogens (tertiary/aromatic N) is 1. The van der Waals surface area contributed by atoms with Crippen LogP contribution in [0.3, 0.4) is 0 Å². The molecular weight excluding hydrogens is 604 g/mol. The fraction of sp³-hybridized carbons (Fsp3) is 0. The first-order valence-electron chi connectivity index (χ1n) is 15.9. The molecule has 0 saturated carbocycles. The van der Waals surface area contributed by atoms with E-state index >= 15 is 0 Å². The zero-order chi connectivity index (χ0) is 31.8. The van der Waals surface area contributed by atoms with Crippen LogP contribution < -0.4 is 31.8 Å². The maximum Gasteiger partial charge on any atom is 0.0547 e. The average Bonchev–Trinajstić information content (AvgIpc) is 3.51. The van der Waals surface area contributed by atoms with Gasteiger partial charge in [0.15, 0.2) is 0 Å². The van der Waals surface area contributed by atoms with E-state index in [2.05, 4.69) is 193 Å². The van der Waals surface area contributed by atoms with Crippen molar-refractivity contribution >= 4 is 80.0 Å². The van der Waals surface area contributed by atoms with Crippen LogP contribution in [0.1, 0.15) is 0 Å². The molecule has 1 aromatic heterocycles. The van der Waals surface area contributed by atoms with Crippen LogP contribution in [0.2, 0.25) is 0 Å². The Kier molecular flexibility index (Phi) is 7.46. The van der Waals surface area contributed by atoms with Gasteiger partial charge in [-0.15, -0.1) is 0 Å². The third-order valence-corrected chi connectivity index (χ3v) is 16.5. The molecule has 3 heteroatoms. The summed E-state index contributed by atoms with van der Waals surface area (Å²) in [5.41, 5.74) is 3.51. The predicted molar refractivity (Wildman–Crippen MR) is 212 cm³/mol. The number of para-hydroxylation sites is 1. The standard InChI is InChI=1S/C44H35NP2/c1-46(35-22-10-4-11-23-35,36-24-12-5-13-25-36)41-32-18-30-39-43(41)44-40(45(39)34-20-8-3-9-21-34)31-19-33-42(44)47(2,37-26-14-6-15-27-37)38-28-16-7-17-29-38/h3-33H,1-2H2. The van der Waals surface area contributed by atoms with Crippen LogP contribution in [0, 0.1) is 0 Å². The zero-order valence-corrected chi connectivity index (χ0v) is 27.9. The minimum absolute atomic E-state index is 1.14. The van der Waals surface area contributed by atoms with Crippen molar-refractivity contribution in [3.05, 3.63) is 188 Å². The van der Waals surface area contributed by atoms with Crippen LogP contribution in [0.4, 0.5) is 0 Å². The van der Waals surface area contributed by atoms with E-state index in [1.54, 1.807) is 0 Å². The molecule has 0 saturated heterocycles. The quantitative estimate of drug-likeness (QED) is 0.155. The lowest BCUT2D eigenvalue weighted by molar-refractivity contribution is 1.18. The molecule has 0 spiro atoms. The van der Waals surface area contributed by atoms with Gasteiger partial charge in [0.2, 0.25) is 0 Å². The molecule has 0 aliphatic rings. The molecule has 0 aliphatic carbocycles. The molecule has 8 rings (SSSR count). The second-order valence-electron chi connectivity index (χ2n) is 12.0. The van der Waals surface area contributed by atoms with E-state index in [1.807, 2.05) is 0 Å². The van der Waals surface area contributed by atoms with Gasteiger partial charge in [0, 0.05) is 16.5 Å². The monoisotopic (exact) mass is 639 g/mol. The van der Waals surface area contributed by atoms with Crippen LogP contribution in [0.5, 0.6) is 0 Å². The fourth-order valence-electron chi connectivity index (χ4n) is 7.15.